The van der Waals surface area contributed by atoms with E-state index < -0.39 is 16.2 Å². The quantitative estimate of drug-likeness (QED) is 0.142. The number of rotatable bonds is 10. The molecule has 178 valence electrons. The predicted molar refractivity (Wildman–Crippen MR) is 136 cm³/mol. The summed E-state index contributed by atoms with van der Waals surface area (Å²) in [5.74, 6) is 0. The Hall–Kier alpha value is -3.84. The molecule has 0 spiro atoms. The summed E-state index contributed by atoms with van der Waals surface area (Å²) in [6.07, 6.45) is 0.218. The van der Waals surface area contributed by atoms with Crippen LogP contribution >= 0.6 is 0 Å². The molecule has 2 N–H and O–H groups in total. The fourth-order valence-corrected chi connectivity index (χ4v) is 4.39. The largest absolute Gasteiger partial charge is 0.371 e. The van der Waals surface area contributed by atoms with Crippen molar-refractivity contribution in [1.82, 2.24) is 5.32 Å². The van der Waals surface area contributed by atoms with Crippen LogP contribution in [0.4, 0.5) is 5.69 Å². The van der Waals surface area contributed by atoms with Gasteiger partial charge in [-0.1, -0.05) is 91.0 Å². The second-order valence-electron chi connectivity index (χ2n) is 8.29. The topological polar surface area (TPSA) is 84.6 Å². The van der Waals surface area contributed by atoms with Gasteiger partial charge in [-0.2, -0.15) is 0 Å². The maximum atomic E-state index is 11.4. The molecule has 0 radical (unpaired) electrons. The zero-order valence-corrected chi connectivity index (χ0v) is 19.5. The molecule has 0 fully saturated rings. The van der Waals surface area contributed by atoms with Crippen molar-refractivity contribution in [3.8, 4) is 0 Å². The summed E-state index contributed by atoms with van der Waals surface area (Å²) < 4.78 is 6.76. The summed E-state index contributed by atoms with van der Waals surface area (Å²) >= 11 is 0. The second-order valence-corrected chi connectivity index (χ2v) is 8.29. The van der Waals surface area contributed by atoms with Gasteiger partial charge in [-0.25, -0.2) is 0 Å². The number of nitro benzene ring substituents is 1. The van der Waals surface area contributed by atoms with Gasteiger partial charge in [-0.3, -0.25) is 15.4 Å². The highest BCUT2D eigenvalue weighted by Gasteiger charge is 2.38. The Morgan fingerprint density at radius 3 is 1.54 bits per heavy atom. The van der Waals surface area contributed by atoms with Gasteiger partial charge in [0.15, 0.2) is 0 Å². The van der Waals surface area contributed by atoms with Crippen LogP contribution in [0.1, 0.15) is 28.7 Å². The van der Waals surface area contributed by atoms with Crippen molar-refractivity contribution in [2.24, 2.45) is 0 Å². The number of benzene rings is 4. The normalized spacial score (nSPS) is 13.2. The number of aliphatic hydroxyl groups is 1. The second kappa shape index (κ2) is 10.6. The standard InChI is InChI=1S/C29H28N2O4/c1-30-28(32,23-17-19-27(20-18-23)31(33)34)21-22-35-29(24-11-5-2-6-12-24,25-13-7-3-8-14-25)26-15-9-4-10-16-26/h2-20,30,32H,21-22H2,1H3. The van der Waals surface area contributed by atoms with E-state index in [1.54, 1.807) is 19.2 Å². The highest BCUT2D eigenvalue weighted by molar-refractivity contribution is 5.47. The Balaban J connectivity index is 1.71. The molecule has 6 heteroatoms. The molecule has 0 aromatic heterocycles. The number of nitrogens with zero attached hydrogens (tertiary/aromatic N) is 1. The van der Waals surface area contributed by atoms with Crippen LogP contribution in [0.2, 0.25) is 0 Å². The van der Waals surface area contributed by atoms with E-state index in [0.29, 0.717) is 5.56 Å². The molecule has 0 aliphatic heterocycles. The van der Waals surface area contributed by atoms with E-state index in [4.69, 9.17) is 4.74 Å². The lowest BCUT2D eigenvalue weighted by molar-refractivity contribution is -0.384. The highest BCUT2D eigenvalue weighted by atomic mass is 16.6. The molecule has 4 aromatic rings. The molecular formula is C29H28N2O4. The van der Waals surface area contributed by atoms with E-state index in [1.165, 1.54) is 12.1 Å². The molecule has 0 bridgehead atoms. The fourth-order valence-electron chi connectivity index (χ4n) is 4.39. The first-order valence-corrected chi connectivity index (χ1v) is 11.5. The molecule has 0 amide bonds. The fraction of sp³-hybridized carbons (Fsp3) is 0.172. The summed E-state index contributed by atoms with van der Waals surface area (Å²) in [6, 6.07) is 36.0. The molecule has 4 aromatic carbocycles. The third kappa shape index (κ3) is 5.00. The van der Waals surface area contributed by atoms with Gasteiger partial charge in [0.1, 0.15) is 11.3 Å². The van der Waals surface area contributed by atoms with Crippen LogP contribution in [0.3, 0.4) is 0 Å². The van der Waals surface area contributed by atoms with Crippen molar-refractivity contribution < 1.29 is 14.8 Å². The average molecular weight is 469 g/mol. The third-order valence-electron chi connectivity index (χ3n) is 6.29. The molecular weight excluding hydrogens is 440 g/mol. The van der Waals surface area contributed by atoms with Gasteiger partial charge in [0, 0.05) is 18.6 Å². The van der Waals surface area contributed by atoms with Crippen molar-refractivity contribution in [2.45, 2.75) is 17.7 Å². The first-order chi connectivity index (χ1) is 17.0. The number of ether oxygens (including phenoxy) is 1. The van der Waals surface area contributed by atoms with Gasteiger partial charge in [0.25, 0.3) is 5.69 Å². The molecule has 0 saturated carbocycles. The third-order valence-corrected chi connectivity index (χ3v) is 6.29. The summed E-state index contributed by atoms with van der Waals surface area (Å²) in [6.45, 7) is 0.201. The lowest BCUT2D eigenvalue weighted by Gasteiger charge is -2.37. The Bertz CT molecular complexity index is 1140. The van der Waals surface area contributed by atoms with Crippen LogP contribution in [0.15, 0.2) is 115 Å². The minimum absolute atomic E-state index is 0.0281. The molecule has 0 aliphatic rings. The Morgan fingerprint density at radius 1 is 0.743 bits per heavy atom. The number of non-ortho nitro benzene ring substituents is 1. The maximum Gasteiger partial charge on any atom is 0.269 e. The van der Waals surface area contributed by atoms with Gasteiger partial charge in [-0.15, -0.1) is 0 Å². The van der Waals surface area contributed by atoms with Crippen LogP contribution in [0.25, 0.3) is 0 Å². The summed E-state index contributed by atoms with van der Waals surface area (Å²) in [5, 5.41) is 25.3. The number of nitrogens with one attached hydrogen (secondary N) is 1. The van der Waals surface area contributed by atoms with Crippen molar-refractivity contribution in [2.75, 3.05) is 13.7 Å². The Kier molecular flexibility index (Phi) is 7.36. The van der Waals surface area contributed by atoms with Crippen molar-refractivity contribution in [3.05, 3.63) is 148 Å². The van der Waals surface area contributed by atoms with Crippen molar-refractivity contribution in [3.63, 3.8) is 0 Å². The lowest BCUT2D eigenvalue weighted by atomic mass is 9.80. The number of hydrogen-bond donors (Lipinski definition) is 2. The summed E-state index contributed by atoms with van der Waals surface area (Å²) in [7, 11) is 1.65. The van der Waals surface area contributed by atoms with Gasteiger partial charge >= 0.3 is 0 Å². The van der Waals surface area contributed by atoms with E-state index in [1.807, 2.05) is 91.0 Å². The van der Waals surface area contributed by atoms with E-state index in [0.717, 1.165) is 16.7 Å². The van der Waals surface area contributed by atoms with Crippen LogP contribution in [0.5, 0.6) is 0 Å². The zero-order valence-electron chi connectivity index (χ0n) is 19.5. The molecule has 6 nitrogen and oxygen atoms in total. The van der Waals surface area contributed by atoms with Crippen LogP contribution in [0, 0.1) is 10.1 Å². The van der Waals surface area contributed by atoms with Gasteiger partial charge in [0.2, 0.25) is 0 Å². The molecule has 0 heterocycles. The monoisotopic (exact) mass is 468 g/mol. The predicted octanol–water partition coefficient (Wildman–Crippen LogP) is 5.36. The molecule has 1 atom stereocenters. The van der Waals surface area contributed by atoms with Gasteiger partial charge in [-0.05, 0) is 41.4 Å². The van der Waals surface area contributed by atoms with E-state index in [9.17, 15) is 15.2 Å². The van der Waals surface area contributed by atoms with Gasteiger partial charge in [0.05, 0.1) is 11.5 Å². The highest BCUT2D eigenvalue weighted by Crippen LogP contribution is 2.41. The van der Waals surface area contributed by atoms with Crippen LogP contribution in [-0.2, 0) is 16.1 Å². The van der Waals surface area contributed by atoms with Crippen molar-refractivity contribution >= 4 is 5.69 Å². The van der Waals surface area contributed by atoms with E-state index in [-0.39, 0.29) is 18.7 Å². The van der Waals surface area contributed by atoms with E-state index >= 15 is 0 Å². The SMILES string of the molecule is CNC(O)(CCOC(c1ccccc1)(c1ccccc1)c1ccccc1)c1ccc([N+](=O)[O-])cc1. The summed E-state index contributed by atoms with van der Waals surface area (Å²) in [5.41, 5.74) is 1.10. The number of hydrogen-bond acceptors (Lipinski definition) is 5. The molecule has 1 unspecified atom stereocenters. The van der Waals surface area contributed by atoms with E-state index in [2.05, 4.69) is 5.32 Å². The zero-order chi connectivity index (χ0) is 24.7. The molecule has 0 aliphatic carbocycles. The first kappa shape index (κ1) is 24.3. The molecule has 35 heavy (non-hydrogen) atoms. The average Bonchev–Trinajstić information content (AvgIpc) is 2.92. The smallest absolute Gasteiger partial charge is 0.269 e. The minimum atomic E-state index is -1.43. The van der Waals surface area contributed by atoms with Crippen LogP contribution < -0.4 is 5.32 Å². The summed E-state index contributed by atoms with van der Waals surface area (Å²) in [4.78, 5) is 10.6. The minimum Gasteiger partial charge on any atom is -0.371 e. The Labute approximate surface area is 205 Å². The Morgan fingerprint density at radius 2 is 1.17 bits per heavy atom. The van der Waals surface area contributed by atoms with Crippen LogP contribution in [-0.4, -0.2) is 23.7 Å². The first-order valence-electron chi connectivity index (χ1n) is 11.5. The van der Waals surface area contributed by atoms with Gasteiger partial charge < -0.3 is 9.84 Å². The molecule has 0 saturated heterocycles. The number of nitro groups is 1. The van der Waals surface area contributed by atoms with Crippen molar-refractivity contribution in [1.29, 1.82) is 0 Å². The maximum absolute atomic E-state index is 11.4. The lowest BCUT2D eigenvalue weighted by Crippen LogP contribution is -2.42. The molecule has 4 rings (SSSR count).